The lowest BCUT2D eigenvalue weighted by molar-refractivity contribution is -0.916. The first kappa shape index (κ1) is 20.6. The van der Waals surface area contributed by atoms with Gasteiger partial charge in [-0.2, -0.15) is 0 Å². The van der Waals surface area contributed by atoms with E-state index in [-0.39, 0.29) is 30.1 Å². The summed E-state index contributed by atoms with van der Waals surface area (Å²) in [4.78, 5) is 0. The fourth-order valence-corrected chi connectivity index (χ4v) is 5.33. The Kier molecular flexibility index (Phi) is 7.03. The van der Waals surface area contributed by atoms with Gasteiger partial charge in [0, 0.05) is 11.5 Å². The molecule has 2 aliphatic heterocycles. The second-order valence-corrected chi connectivity index (χ2v) is 8.73. The Labute approximate surface area is 176 Å². The predicted octanol–water partition coefficient (Wildman–Crippen LogP) is 1.47. The van der Waals surface area contributed by atoms with Crippen LogP contribution in [0.3, 0.4) is 0 Å². The third kappa shape index (κ3) is 4.29. The molecular weight excluding hydrogens is 437 g/mol. The summed E-state index contributed by atoms with van der Waals surface area (Å²) >= 11 is 0. The van der Waals surface area contributed by atoms with Crippen LogP contribution < -0.4 is 24.0 Å². The molecule has 3 aliphatic rings. The fraction of sp³-hybridized carbons (Fsp3) is 0.727. The minimum atomic E-state index is -0.499. The first-order valence-electron chi connectivity index (χ1n) is 10.4. The number of ether oxygens (including phenoxy) is 2. The van der Waals surface area contributed by atoms with Crippen molar-refractivity contribution in [2.75, 3.05) is 33.3 Å². The molecule has 1 aromatic carbocycles. The lowest BCUT2D eigenvalue weighted by Crippen LogP contribution is -3.00. The molecule has 2 heterocycles. The summed E-state index contributed by atoms with van der Waals surface area (Å²) in [6.07, 6.45) is 10.8. The molecule has 0 aromatic heterocycles. The van der Waals surface area contributed by atoms with Crippen LogP contribution in [0.2, 0.25) is 0 Å². The highest BCUT2D eigenvalue weighted by atomic mass is 127. The normalized spacial score (nSPS) is 32.1. The zero-order chi connectivity index (χ0) is 17.2. The van der Waals surface area contributed by atoms with Crippen molar-refractivity contribution in [3.05, 3.63) is 35.9 Å². The molecule has 3 fully saturated rings. The van der Waals surface area contributed by atoms with E-state index in [1.54, 1.807) is 0 Å². The number of nitrogens with zero attached hydrogens (tertiary/aromatic N) is 1. The van der Waals surface area contributed by atoms with Crippen LogP contribution in [0.1, 0.15) is 56.9 Å². The Morgan fingerprint density at radius 3 is 2.31 bits per heavy atom. The van der Waals surface area contributed by atoms with Crippen LogP contribution in [0.5, 0.6) is 0 Å². The first-order valence-corrected chi connectivity index (χ1v) is 10.4. The first-order chi connectivity index (χ1) is 12.2. The summed E-state index contributed by atoms with van der Waals surface area (Å²) in [5.74, 6) is 0.00157. The number of piperidine rings is 1. The lowest BCUT2D eigenvalue weighted by atomic mass is 9.80. The maximum Gasteiger partial charge on any atom is 0.198 e. The predicted molar refractivity (Wildman–Crippen MR) is 100 cm³/mol. The van der Waals surface area contributed by atoms with E-state index in [0.29, 0.717) is 5.92 Å². The average molecular weight is 471 g/mol. The number of hydrogen-bond donors (Lipinski definition) is 0. The number of likely N-dealkylation sites (N-methyl/N-ethyl adjacent to an activating group) is 1. The van der Waals surface area contributed by atoms with E-state index in [2.05, 4.69) is 37.4 Å². The third-order valence-electron chi connectivity index (χ3n) is 6.68. The number of halogens is 1. The van der Waals surface area contributed by atoms with Crippen molar-refractivity contribution in [1.82, 2.24) is 0 Å². The zero-order valence-electron chi connectivity index (χ0n) is 16.2. The van der Waals surface area contributed by atoms with Gasteiger partial charge in [0.25, 0.3) is 0 Å². The Morgan fingerprint density at radius 2 is 1.62 bits per heavy atom. The number of rotatable bonds is 4. The van der Waals surface area contributed by atoms with Crippen molar-refractivity contribution < 1.29 is 37.9 Å². The Balaban J connectivity index is 0.00000196. The highest BCUT2D eigenvalue weighted by Crippen LogP contribution is 2.47. The van der Waals surface area contributed by atoms with Crippen molar-refractivity contribution in [1.29, 1.82) is 0 Å². The molecule has 4 heteroatoms. The second kappa shape index (κ2) is 8.89. The molecule has 4 rings (SSSR count). The molecule has 0 amide bonds. The monoisotopic (exact) mass is 471 g/mol. The average Bonchev–Trinajstić information content (AvgIpc) is 3.08. The number of benzene rings is 1. The summed E-state index contributed by atoms with van der Waals surface area (Å²) in [5, 5.41) is 0. The van der Waals surface area contributed by atoms with Crippen LogP contribution in [0.15, 0.2) is 30.3 Å². The quantitative estimate of drug-likeness (QED) is 0.490. The lowest BCUT2D eigenvalue weighted by Gasteiger charge is -2.41. The maximum absolute atomic E-state index is 6.80. The highest BCUT2D eigenvalue weighted by Gasteiger charge is 2.50. The highest BCUT2D eigenvalue weighted by molar-refractivity contribution is 5.22. The molecule has 26 heavy (non-hydrogen) atoms. The topological polar surface area (TPSA) is 18.5 Å². The Morgan fingerprint density at radius 1 is 0.962 bits per heavy atom. The summed E-state index contributed by atoms with van der Waals surface area (Å²) in [6.45, 7) is 4.43. The Bertz CT molecular complexity index is 555. The van der Waals surface area contributed by atoms with Gasteiger partial charge < -0.3 is 37.9 Å². The molecule has 1 aliphatic carbocycles. The molecule has 2 atom stereocenters. The van der Waals surface area contributed by atoms with E-state index in [1.807, 2.05) is 0 Å². The molecule has 2 unspecified atom stereocenters. The zero-order valence-corrected chi connectivity index (χ0v) is 18.3. The van der Waals surface area contributed by atoms with E-state index in [0.717, 1.165) is 17.6 Å². The molecule has 2 saturated heterocycles. The standard InChI is InChI=1S/C22H34NO2.HI/c1-23(15-9-4-10-16-23)17-21-18-24-22(25-21,19-11-5-2-6-12-19)20-13-7-3-8-14-20;/h2,5-6,11-12,20-21H,3-4,7-10,13-18H2,1H3;1H/q+1;/p-1. The molecule has 0 N–H and O–H groups in total. The van der Waals surface area contributed by atoms with E-state index >= 15 is 0 Å². The van der Waals surface area contributed by atoms with Gasteiger partial charge in [-0.05, 0) is 32.1 Å². The summed E-state index contributed by atoms with van der Waals surface area (Å²) in [6, 6.07) is 10.7. The van der Waals surface area contributed by atoms with Gasteiger partial charge in [-0.1, -0.05) is 49.6 Å². The van der Waals surface area contributed by atoms with Crippen LogP contribution in [0.4, 0.5) is 0 Å². The largest absolute Gasteiger partial charge is 1.00 e. The molecule has 1 saturated carbocycles. The molecule has 3 nitrogen and oxygen atoms in total. The van der Waals surface area contributed by atoms with E-state index in [9.17, 15) is 0 Å². The van der Waals surface area contributed by atoms with Crippen LogP contribution in [-0.2, 0) is 15.3 Å². The van der Waals surface area contributed by atoms with E-state index in [4.69, 9.17) is 9.47 Å². The minimum absolute atomic E-state index is 0. The van der Waals surface area contributed by atoms with Gasteiger partial charge in [0.2, 0.25) is 0 Å². The van der Waals surface area contributed by atoms with Crippen LogP contribution >= 0.6 is 0 Å². The number of likely N-dealkylation sites (tertiary alicyclic amines) is 1. The third-order valence-corrected chi connectivity index (χ3v) is 6.68. The van der Waals surface area contributed by atoms with Crippen molar-refractivity contribution >= 4 is 0 Å². The summed E-state index contributed by atoms with van der Waals surface area (Å²) < 4.78 is 14.5. The minimum Gasteiger partial charge on any atom is -1.00 e. The van der Waals surface area contributed by atoms with Crippen LogP contribution in [0, 0.1) is 5.92 Å². The molecule has 0 bridgehead atoms. The maximum atomic E-state index is 6.80. The van der Waals surface area contributed by atoms with Crippen LogP contribution in [-0.4, -0.2) is 43.9 Å². The van der Waals surface area contributed by atoms with Crippen LogP contribution in [0.25, 0.3) is 0 Å². The smallest absolute Gasteiger partial charge is 0.198 e. The summed E-state index contributed by atoms with van der Waals surface area (Å²) in [5.41, 5.74) is 1.23. The summed E-state index contributed by atoms with van der Waals surface area (Å²) in [7, 11) is 2.41. The van der Waals surface area contributed by atoms with Crippen molar-refractivity contribution in [2.45, 2.75) is 63.3 Å². The van der Waals surface area contributed by atoms with Crippen molar-refractivity contribution in [2.24, 2.45) is 5.92 Å². The Hall–Kier alpha value is -0.170. The van der Waals surface area contributed by atoms with Gasteiger partial charge in [0.1, 0.15) is 12.6 Å². The van der Waals surface area contributed by atoms with Gasteiger partial charge in [0.15, 0.2) is 5.79 Å². The second-order valence-electron chi connectivity index (χ2n) is 8.73. The van der Waals surface area contributed by atoms with Gasteiger partial charge >= 0.3 is 0 Å². The van der Waals surface area contributed by atoms with E-state index in [1.165, 1.54) is 70.0 Å². The molecule has 1 aromatic rings. The van der Waals surface area contributed by atoms with Crippen molar-refractivity contribution in [3.8, 4) is 0 Å². The fourth-order valence-electron chi connectivity index (χ4n) is 5.33. The van der Waals surface area contributed by atoms with Gasteiger partial charge in [-0.3, -0.25) is 0 Å². The van der Waals surface area contributed by atoms with Gasteiger partial charge in [0.05, 0.1) is 26.7 Å². The van der Waals surface area contributed by atoms with Gasteiger partial charge in [-0.15, -0.1) is 0 Å². The number of hydrogen-bond acceptors (Lipinski definition) is 2. The van der Waals surface area contributed by atoms with E-state index < -0.39 is 5.79 Å². The molecule has 0 radical (unpaired) electrons. The molecule has 146 valence electrons. The number of quaternary nitrogens is 1. The molecular formula is C22H34INO2. The van der Waals surface area contributed by atoms with Crippen molar-refractivity contribution in [3.63, 3.8) is 0 Å². The van der Waals surface area contributed by atoms with Gasteiger partial charge in [-0.25, -0.2) is 0 Å². The SMILES string of the molecule is C[N+]1(CC2COC(c3ccccc3)(C3CCCCC3)O2)CCCCC1.[I-]. The molecule has 0 spiro atoms.